The van der Waals surface area contributed by atoms with Crippen molar-refractivity contribution in [3.8, 4) is 0 Å². The van der Waals surface area contributed by atoms with Gasteiger partial charge in [-0.25, -0.2) is 4.79 Å². The molecule has 7 heteroatoms. The molecule has 3 aliphatic heterocycles. The van der Waals surface area contributed by atoms with Crippen LogP contribution >= 0.6 is 0 Å². The van der Waals surface area contributed by atoms with Gasteiger partial charge in [0.15, 0.2) is 5.78 Å². The Morgan fingerprint density at radius 3 is 2.44 bits per heavy atom. The Bertz CT molecular complexity index is 1030. The van der Waals surface area contributed by atoms with Crippen LogP contribution in [0.1, 0.15) is 91.9 Å². The SMILES string of the molecule is CC(/C=C/C1OC2(CC2)C[C@@]2(CO2)[C@@H]1O)=C\C[C@@H]1C[C@H](C)[C@H](CC(=O)/C=C\[C@H](C)OC(=O)N2CCCCC2)C[C@@H]1C. The molecular weight excluding hydrogens is 518 g/mol. The normalized spacial score (nSPS) is 37.6. The molecule has 7 nitrogen and oxygen atoms in total. The third-order valence-corrected chi connectivity index (χ3v) is 10.3. The second kappa shape index (κ2) is 12.7. The quantitative estimate of drug-likeness (QED) is 0.203. The summed E-state index contributed by atoms with van der Waals surface area (Å²) in [6.45, 7) is 10.7. The fourth-order valence-electron chi connectivity index (χ4n) is 7.28. The van der Waals surface area contributed by atoms with Gasteiger partial charge in [0.2, 0.25) is 0 Å². The summed E-state index contributed by atoms with van der Waals surface area (Å²) in [7, 11) is 0. The predicted octanol–water partition coefficient (Wildman–Crippen LogP) is 6.16. The first-order chi connectivity index (χ1) is 19.6. The number of hydrogen-bond donors (Lipinski definition) is 1. The molecule has 0 aromatic heterocycles. The topological polar surface area (TPSA) is 88.6 Å². The first kappa shape index (κ1) is 30.5. The third kappa shape index (κ3) is 7.71. The molecule has 2 spiro atoms. The van der Waals surface area contributed by atoms with Gasteiger partial charge in [0, 0.05) is 25.9 Å². The lowest BCUT2D eigenvalue weighted by Gasteiger charge is -2.38. The van der Waals surface area contributed by atoms with E-state index in [2.05, 4.69) is 32.9 Å². The number of aliphatic hydroxyl groups is 1. The van der Waals surface area contributed by atoms with Crippen molar-refractivity contribution < 1.29 is 28.9 Å². The Labute approximate surface area is 246 Å². The minimum Gasteiger partial charge on any atom is -0.442 e. The average molecular weight is 570 g/mol. The Hall–Kier alpha value is -1.96. The molecule has 0 aromatic rings. The number of epoxide rings is 1. The first-order valence-corrected chi connectivity index (χ1v) is 16.1. The van der Waals surface area contributed by atoms with Crippen LogP contribution in [0.15, 0.2) is 36.0 Å². The largest absolute Gasteiger partial charge is 0.442 e. The van der Waals surface area contributed by atoms with Crippen molar-refractivity contribution in [3.63, 3.8) is 0 Å². The standard InChI is InChI=1S/C34H51NO6/c1-23(9-13-30-31(37)34(22-39-34)21-33(41-30)14-15-33)8-11-27-18-25(3)28(19-24(27)2)20-29(36)12-10-26(4)40-32(38)35-16-6-5-7-17-35/h8-10,12-13,24-28,30-31,37H,5-7,11,14-22H2,1-4H3/b12-10-,13-9+,23-8+/t24-,25-,26-,27+,28-,30?,31+,34+/m0/s1. The fraction of sp³-hybridized carbons (Fsp3) is 0.765. The maximum atomic E-state index is 12.8. The predicted molar refractivity (Wildman–Crippen MR) is 158 cm³/mol. The molecule has 0 radical (unpaired) electrons. The summed E-state index contributed by atoms with van der Waals surface area (Å²) in [5, 5.41) is 10.8. The number of ether oxygens (including phenoxy) is 3. The number of carbonyl (C=O) groups excluding carboxylic acids is 2. The Morgan fingerprint density at radius 1 is 1.07 bits per heavy atom. The van der Waals surface area contributed by atoms with Crippen LogP contribution in [0.2, 0.25) is 0 Å². The van der Waals surface area contributed by atoms with Crippen LogP contribution in [0.4, 0.5) is 4.79 Å². The number of amides is 1. The second-order valence-electron chi connectivity index (χ2n) is 13.9. The number of likely N-dealkylation sites (tertiary alicyclic amines) is 1. The lowest BCUT2D eigenvalue weighted by Crippen LogP contribution is -2.50. The highest BCUT2D eigenvalue weighted by Crippen LogP contribution is 2.56. The Kier molecular flexibility index (Phi) is 9.47. The van der Waals surface area contributed by atoms with Gasteiger partial charge in [-0.3, -0.25) is 4.79 Å². The highest BCUT2D eigenvalue weighted by Gasteiger charge is 2.66. The van der Waals surface area contributed by atoms with E-state index in [0.717, 1.165) is 64.5 Å². The van der Waals surface area contributed by atoms with E-state index in [1.165, 1.54) is 12.0 Å². The van der Waals surface area contributed by atoms with Crippen LogP contribution in [0.25, 0.3) is 0 Å². The van der Waals surface area contributed by atoms with Gasteiger partial charge in [-0.1, -0.05) is 37.6 Å². The lowest BCUT2D eigenvalue weighted by atomic mass is 9.67. The van der Waals surface area contributed by atoms with E-state index in [1.807, 2.05) is 13.0 Å². The molecule has 3 heterocycles. The molecule has 3 saturated heterocycles. The van der Waals surface area contributed by atoms with Crippen LogP contribution in [-0.4, -0.2) is 71.1 Å². The number of rotatable bonds is 9. The zero-order chi connectivity index (χ0) is 29.2. The van der Waals surface area contributed by atoms with Gasteiger partial charge in [0.1, 0.15) is 23.9 Å². The van der Waals surface area contributed by atoms with E-state index in [1.54, 1.807) is 17.1 Å². The summed E-state index contributed by atoms with van der Waals surface area (Å²) in [5.74, 6) is 2.13. The van der Waals surface area contributed by atoms with Crippen LogP contribution in [-0.2, 0) is 19.0 Å². The smallest absolute Gasteiger partial charge is 0.410 e. The number of hydrogen-bond acceptors (Lipinski definition) is 6. The van der Waals surface area contributed by atoms with Gasteiger partial charge in [-0.15, -0.1) is 0 Å². The number of allylic oxidation sites excluding steroid dienone is 4. The lowest BCUT2D eigenvalue weighted by molar-refractivity contribution is -0.144. The minimum atomic E-state index is -0.593. The molecule has 1 amide bonds. The minimum absolute atomic E-state index is 0.0678. The van der Waals surface area contributed by atoms with E-state index in [9.17, 15) is 14.7 Å². The van der Waals surface area contributed by atoms with Crippen molar-refractivity contribution in [1.82, 2.24) is 4.90 Å². The average Bonchev–Trinajstić information content (AvgIpc) is 3.89. The molecule has 0 aromatic carbocycles. The molecular formula is C34H51NO6. The van der Waals surface area contributed by atoms with Crippen molar-refractivity contribution in [3.05, 3.63) is 36.0 Å². The molecule has 1 N–H and O–H groups in total. The van der Waals surface area contributed by atoms with Crippen LogP contribution in [0, 0.1) is 23.7 Å². The molecule has 228 valence electrons. The molecule has 2 aliphatic carbocycles. The number of piperidine rings is 1. The maximum absolute atomic E-state index is 12.8. The monoisotopic (exact) mass is 569 g/mol. The van der Waals surface area contributed by atoms with E-state index in [0.29, 0.717) is 36.7 Å². The Balaban J connectivity index is 1.05. The van der Waals surface area contributed by atoms with Crippen LogP contribution < -0.4 is 0 Å². The fourth-order valence-corrected chi connectivity index (χ4v) is 7.28. The van der Waals surface area contributed by atoms with E-state index in [-0.39, 0.29) is 29.2 Å². The molecule has 5 aliphatic rings. The van der Waals surface area contributed by atoms with Crippen LogP contribution in [0.5, 0.6) is 0 Å². The summed E-state index contributed by atoms with van der Waals surface area (Å²) in [4.78, 5) is 26.8. The number of aliphatic hydroxyl groups excluding tert-OH is 1. The van der Waals surface area contributed by atoms with E-state index < -0.39 is 12.2 Å². The molecule has 41 heavy (non-hydrogen) atoms. The van der Waals surface area contributed by atoms with Gasteiger partial charge in [-0.2, -0.15) is 0 Å². The molecule has 2 saturated carbocycles. The zero-order valence-electron chi connectivity index (χ0n) is 25.6. The van der Waals surface area contributed by atoms with Crippen molar-refractivity contribution in [2.24, 2.45) is 23.7 Å². The number of carbonyl (C=O) groups is 2. The molecule has 0 bridgehead atoms. The van der Waals surface area contributed by atoms with Crippen molar-refractivity contribution in [1.29, 1.82) is 0 Å². The molecule has 5 fully saturated rings. The number of ketones is 1. The summed E-state index contributed by atoms with van der Waals surface area (Å²) in [6.07, 6.45) is 18.1. The van der Waals surface area contributed by atoms with Crippen molar-refractivity contribution in [2.75, 3.05) is 19.7 Å². The zero-order valence-corrected chi connectivity index (χ0v) is 25.6. The third-order valence-electron chi connectivity index (χ3n) is 10.3. The summed E-state index contributed by atoms with van der Waals surface area (Å²) in [6, 6.07) is 0. The summed E-state index contributed by atoms with van der Waals surface area (Å²) in [5.41, 5.74) is 0.752. The van der Waals surface area contributed by atoms with Crippen molar-refractivity contribution >= 4 is 11.9 Å². The number of nitrogens with zero attached hydrogens (tertiary/aromatic N) is 1. The van der Waals surface area contributed by atoms with Gasteiger partial charge in [0.05, 0.1) is 12.2 Å². The maximum Gasteiger partial charge on any atom is 0.410 e. The van der Waals surface area contributed by atoms with Gasteiger partial charge < -0.3 is 24.2 Å². The second-order valence-corrected chi connectivity index (χ2v) is 13.9. The highest BCUT2D eigenvalue weighted by atomic mass is 16.6. The molecule has 8 atom stereocenters. The van der Waals surface area contributed by atoms with Gasteiger partial charge >= 0.3 is 6.09 Å². The molecule has 1 unspecified atom stereocenters. The van der Waals surface area contributed by atoms with Gasteiger partial charge in [0.25, 0.3) is 0 Å². The first-order valence-electron chi connectivity index (χ1n) is 16.1. The van der Waals surface area contributed by atoms with Crippen LogP contribution in [0.3, 0.4) is 0 Å². The van der Waals surface area contributed by atoms with E-state index >= 15 is 0 Å². The summed E-state index contributed by atoms with van der Waals surface area (Å²) >= 11 is 0. The van der Waals surface area contributed by atoms with E-state index in [4.69, 9.17) is 14.2 Å². The van der Waals surface area contributed by atoms with Crippen molar-refractivity contribution in [2.45, 2.75) is 121 Å². The highest BCUT2D eigenvalue weighted by molar-refractivity contribution is 5.89. The Morgan fingerprint density at radius 2 is 1.76 bits per heavy atom. The summed E-state index contributed by atoms with van der Waals surface area (Å²) < 4.78 is 17.5. The molecule has 5 rings (SSSR count). The van der Waals surface area contributed by atoms with Gasteiger partial charge in [-0.05, 0) is 101 Å².